The van der Waals surface area contributed by atoms with Crippen LogP contribution >= 0.6 is 11.6 Å². The SMILES string of the molecule is O=C(c1cc(-c2ccc(Cl)cc2)n[nH]1)N1CCN(CCc2ccccn2)CC1. The Hall–Kier alpha value is -2.70. The maximum Gasteiger partial charge on any atom is 0.271 e. The molecule has 3 aromatic rings. The summed E-state index contributed by atoms with van der Waals surface area (Å²) >= 11 is 5.93. The maximum absolute atomic E-state index is 12.8. The lowest BCUT2D eigenvalue weighted by atomic mass is 10.1. The molecule has 6 nitrogen and oxygen atoms in total. The van der Waals surface area contributed by atoms with E-state index in [0.29, 0.717) is 10.7 Å². The number of aromatic amines is 1. The number of pyridine rings is 1. The zero-order chi connectivity index (χ0) is 19.3. The lowest BCUT2D eigenvalue weighted by molar-refractivity contribution is 0.0632. The van der Waals surface area contributed by atoms with E-state index in [1.807, 2.05) is 47.5 Å². The van der Waals surface area contributed by atoms with Gasteiger partial charge in [-0.15, -0.1) is 0 Å². The summed E-state index contributed by atoms with van der Waals surface area (Å²) in [6.45, 7) is 4.14. The second-order valence-corrected chi connectivity index (χ2v) is 7.32. The molecular formula is C21H22ClN5O. The van der Waals surface area contributed by atoms with Gasteiger partial charge in [0.25, 0.3) is 5.91 Å². The van der Waals surface area contributed by atoms with Gasteiger partial charge in [0.1, 0.15) is 5.69 Å². The van der Waals surface area contributed by atoms with E-state index in [1.165, 1.54) is 0 Å². The van der Waals surface area contributed by atoms with Crippen molar-refractivity contribution >= 4 is 17.5 Å². The molecule has 0 saturated carbocycles. The number of hydrogen-bond donors (Lipinski definition) is 1. The molecule has 0 spiro atoms. The van der Waals surface area contributed by atoms with Crippen LogP contribution < -0.4 is 0 Å². The number of carbonyl (C=O) groups is 1. The molecule has 3 heterocycles. The summed E-state index contributed by atoms with van der Waals surface area (Å²) in [5, 5.41) is 7.83. The van der Waals surface area contributed by atoms with Crippen LogP contribution in [0, 0.1) is 0 Å². The summed E-state index contributed by atoms with van der Waals surface area (Å²) in [5.41, 5.74) is 3.30. The number of nitrogens with zero attached hydrogens (tertiary/aromatic N) is 4. The fraction of sp³-hybridized carbons (Fsp3) is 0.286. The molecule has 0 atom stereocenters. The number of hydrogen-bond acceptors (Lipinski definition) is 4. The normalized spacial score (nSPS) is 15.0. The second-order valence-electron chi connectivity index (χ2n) is 6.88. The fourth-order valence-corrected chi connectivity index (χ4v) is 3.49. The molecule has 1 N–H and O–H groups in total. The third-order valence-electron chi connectivity index (χ3n) is 5.02. The van der Waals surface area contributed by atoms with Crippen LogP contribution in [0.2, 0.25) is 5.02 Å². The van der Waals surface area contributed by atoms with E-state index in [0.717, 1.165) is 56.1 Å². The summed E-state index contributed by atoms with van der Waals surface area (Å²) in [5.74, 6) is -0.00269. The van der Waals surface area contributed by atoms with Gasteiger partial charge in [-0.25, -0.2) is 0 Å². The van der Waals surface area contributed by atoms with Crippen molar-refractivity contribution in [1.82, 2.24) is 25.0 Å². The minimum absolute atomic E-state index is 0.00269. The van der Waals surface area contributed by atoms with Gasteiger partial charge in [-0.3, -0.25) is 19.8 Å². The first-order valence-electron chi connectivity index (χ1n) is 9.42. The van der Waals surface area contributed by atoms with Crippen LogP contribution in [0.1, 0.15) is 16.2 Å². The molecule has 2 aromatic heterocycles. The van der Waals surface area contributed by atoms with Gasteiger partial charge in [0.2, 0.25) is 0 Å². The molecule has 28 heavy (non-hydrogen) atoms. The van der Waals surface area contributed by atoms with E-state index < -0.39 is 0 Å². The average Bonchev–Trinajstić information content (AvgIpc) is 3.24. The van der Waals surface area contributed by atoms with Gasteiger partial charge in [-0.05, 0) is 30.3 Å². The monoisotopic (exact) mass is 395 g/mol. The van der Waals surface area contributed by atoms with E-state index >= 15 is 0 Å². The summed E-state index contributed by atoms with van der Waals surface area (Å²) < 4.78 is 0. The topological polar surface area (TPSA) is 65.1 Å². The van der Waals surface area contributed by atoms with Crippen molar-refractivity contribution < 1.29 is 4.79 Å². The van der Waals surface area contributed by atoms with Gasteiger partial charge in [0, 0.05) is 61.6 Å². The number of H-pyrrole nitrogens is 1. The molecule has 1 aliphatic heterocycles. The number of benzene rings is 1. The molecule has 7 heteroatoms. The number of carbonyl (C=O) groups excluding carboxylic acids is 1. The first kappa shape index (κ1) is 18.7. The van der Waals surface area contributed by atoms with Crippen molar-refractivity contribution in [1.29, 1.82) is 0 Å². The van der Waals surface area contributed by atoms with Crippen LogP contribution in [0.5, 0.6) is 0 Å². The van der Waals surface area contributed by atoms with Gasteiger partial charge >= 0.3 is 0 Å². The molecule has 1 saturated heterocycles. The lowest BCUT2D eigenvalue weighted by Crippen LogP contribution is -2.49. The van der Waals surface area contributed by atoms with Gasteiger partial charge in [0.15, 0.2) is 0 Å². The molecule has 1 aliphatic rings. The number of rotatable bonds is 5. The zero-order valence-corrected chi connectivity index (χ0v) is 16.3. The largest absolute Gasteiger partial charge is 0.335 e. The quantitative estimate of drug-likeness (QED) is 0.720. The van der Waals surface area contributed by atoms with Crippen molar-refractivity contribution in [3.63, 3.8) is 0 Å². The van der Waals surface area contributed by atoms with Gasteiger partial charge in [-0.2, -0.15) is 5.10 Å². The third kappa shape index (κ3) is 4.40. The van der Waals surface area contributed by atoms with Crippen LogP contribution in [-0.4, -0.2) is 63.6 Å². The van der Waals surface area contributed by atoms with Crippen molar-refractivity contribution in [2.75, 3.05) is 32.7 Å². The Morgan fingerprint density at radius 1 is 1.07 bits per heavy atom. The zero-order valence-electron chi connectivity index (χ0n) is 15.5. The highest BCUT2D eigenvalue weighted by molar-refractivity contribution is 6.30. The maximum atomic E-state index is 12.8. The predicted octanol–water partition coefficient (Wildman–Crippen LogP) is 3.13. The van der Waals surface area contributed by atoms with Crippen LogP contribution in [-0.2, 0) is 6.42 Å². The summed E-state index contributed by atoms with van der Waals surface area (Å²) in [7, 11) is 0. The highest BCUT2D eigenvalue weighted by Crippen LogP contribution is 2.21. The van der Waals surface area contributed by atoms with E-state index in [-0.39, 0.29) is 5.91 Å². The Morgan fingerprint density at radius 3 is 2.57 bits per heavy atom. The third-order valence-corrected chi connectivity index (χ3v) is 5.27. The van der Waals surface area contributed by atoms with E-state index in [1.54, 1.807) is 6.07 Å². The van der Waals surface area contributed by atoms with Crippen molar-refractivity contribution in [2.24, 2.45) is 0 Å². The molecule has 4 rings (SSSR count). The number of aromatic nitrogens is 3. The van der Waals surface area contributed by atoms with Crippen LogP contribution in [0.4, 0.5) is 0 Å². The summed E-state index contributed by atoms with van der Waals surface area (Å²) in [6.07, 6.45) is 2.76. The molecule has 0 unspecified atom stereocenters. The molecule has 0 aliphatic carbocycles. The minimum atomic E-state index is -0.00269. The highest BCUT2D eigenvalue weighted by Gasteiger charge is 2.23. The fourth-order valence-electron chi connectivity index (χ4n) is 3.36. The Balaban J connectivity index is 1.31. The Kier molecular flexibility index (Phi) is 5.69. The Morgan fingerprint density at radius 2 is 1.86 bits per heavy atom. The highest BCUT2D eigenvalue weighted by atomic mass is 35.5. The van der Waals surface area contributed by atoms with Gasteiger partial charge in [0.05, 0.1) is 5.69 Å². The first-order valence-corrected chi connectivity index (χ1v) is 9.80. The van der Waals surface area contributed by atoms with E-state index in [9.17, 15) is 4.79 Å². The van der Waals surface area contributed by atoms with Crippen molar-refractivity contribution in [3.05, 3.63) is 71.1 Å². The number of halogens is 1. The molecule has 0 bridgehead atoms. The van der Waals surface area contributed by atoms with Crippen LogP contribution in [0.15, 0.2) is 54.7 Å². The molecule has 1 aromatic carbocycles. The number of piperazine rings is 1. The predicted molar refractivity (Wildman–Crippen MR) is 109 cm³/mol. The smallest absolute Gasteiger partial charge is 0.271 e. The van der Waals surface area contributed by atoms with Gasteiger partial charge in [-0.1, -0.05) is 29.8 Å². The second kappa shape index (κ2) is 8.54. The minimum Gasteiger partial charge on any atom is -0.335 e. The first-order chi connectivity index (χ1) is 13.7. The molecule has 1 fully saturated rings. The standard InChI is InChI=1S/C21H22ClN5O/c22-17-6-4-16(5-7-17)19-15-20(25-24-19)21(28)27-13-11-26(12-14-27)10-8-18-3-1-2-9-23-18/h1-7,9,15H,8,10-14H2,(H,24,25). The molecular weight excluding hydrogens is 374 g/mol. The number of nitrogens with one attached hydrogen (secondary N) is 1. The van der Waals surface area contributed by atoms with E-state index in [2.05, 4.69) is 26.1 Å². The number of amides is 1. The van der Waals surface area contributed by atoms with Gasteiger partial charge < -0.3 is 4.90 Å². The van der Waals surface area contributed by atoms with Crippen molar-refractivity contribution in [2.45, 2.75) is 6.42 Å². The Bertz CT molecular complexity index is 917. The summed E-state index contributed by atoms with van der Waals surface area (Å²) in [6, 6.07) is 15.2. The Labute approximate surface area is 169 Å². The molecule has 144 valence electrons. The average molecular weight is 396 g/mol. The lowest BCUT2D eigenvalue weighted by Gasteiger charge is -2.34. The molecule has 0 radical (unpaired) electrons. The summed E-state index contributed by atoms with van der Waals surface area (Å²) in [4.78, 5) is 21.4. The molecule has 1 amide bonds. The van der Waals surface area contributed by atoms with E-state index in [4.69, 9.17) is 11.6 Å². The van der Waals surface area contributed by atoms with Crippen LogP contribution in [0.3, 0.4) is 0 Å². The van der Waals surface area contributed by atoms with Crippen LogP contribution in [0.25, 0.3) is 11.3 Å². The van der Waals surface area contributed by atoms with Crippen molar-refractivity contribution in [3.8, 4) is 11.3 Å².